The fourth-order valence-corrected chi connectivity index (χ4v) is 0.940. The van der Waals surface area contributed by atoms with Gasteiger partial charge in [-0.25, -0.2) is 0 Å². The molecule has 0 aliphatic heterocycles. The first-order valence-corrected chi connectivity index (χ1v) is 4.62. The van der Waals surface area contributed by atoms with Crippen LogP contribution < -0.4 is 5.32 Å². The van der Waals surface area contributed by atoms with Crippen LogP contribution in [0.25, 0.3) is 0 Å². The first-order valence-electron chi connectivity index (χ1n) is 4.62. The Hall–Kier alpha value is -1.15. The number of aromatic nitrogens is 2. The molecule has 8 heteroatoms. The molecule has 5 nitrogen and oxygen atoms in total. The summed E-state index contributed by atoms with van der Waals surface area (Å²) in [4.78, 5) is 3.86. The standard InChI is InChI=1S/C8H12F3N3O2/c1-12-3-2-7-13-6(14-16-7)4-15-5-8(9,10)11/h12H,2-5H2,1H3. The summed E-state index contributed by atoms with van der Waals surface area (Å²) in [5, 5.41) is 6.36. The molecule has 1 aromatic heterocycles. The van der Waals surface area contributed by atoms with Gasteiger partial charge in [0.15, 0.2) is 5.82 Å². The van der Waals surface area contributed by atoms with Gasteiger partial charge in [0.1, 0.15) is 13.2 Å². The molecule has 0 saturated carbocycles. The number of nitrogens with zero attached hydrogens (tertiary/aromatic N) is 2. The molecule has 0 saturated heterocycles. The summed E-state index contributed by atoms with van der Waals surface area (Å²) in [6.45, 7) is -0.957. The molecule has 1 heterocycles. The molecule has 0 aromatic carbocycles. The second-order valence-electron chi connectivity index (χ2n) is 3.07. The van der Waals surface area contributed by atoms with E-state index >= 15 is 0 Å². The SMILES string of the molecule is CNCCc1nc(COCC(F)(F)F)no1. The first kappa shape index (κ1) is 12.9. The van der Waals surface area contributed by atoms with Crippen molar-refractivity contribution < 1.29 is 22.4 Å². The molecular formula is C8H12F3N3O2. The Morgan fingerprint density at radius 1 is 1.44 bits per heavy atom. The molecule has 1 N–H and O–H groups in total. The molecule has 16 heavy (non-hydrogen) atoms. The predicted octanol–water partition coefficient (Wildman–Crippen LogP) is 0.910. The Labute approximate surface area is 90.0 Å². The van der Waals surface area contributed by atoms with Crippen LogP contribution in [0.4, 0.5) is 13.2 Å². The lowest BCUT2D eigenvalue weighted by Crippen LogP contribution is -2.17. The van der Waals surface area contributed by atoms with Crippen molar-refractivity contribution in [2.45, 2.75) is 19.2 Å². The van der Waals surface area contributed by atoms with E-state index in [0.29, 0.717) is 18.9 Å². The molecule has 1 aromatic rings. The van der Waals surface area contributed by atoms with Crippen LogP contribution in [0.2, 0.25) is 0 Å². The average molecular weight is 239 g/mol. The number of hydrogen-bond acceptors (Lipinski definition) is 5. The van der Waals surface area contributed by atoms with E-state index in [9.17, 15) is 13.2 Å². The summed E-state index contributed by atoms with van der Waals surface area (Å²) in [7, 11) is 1.77. The third-order valence-electron chi connectivity index (χ3n) is 1.60. The van der Waals surface area contributed by atoms with Gasteiger partial charge in [0.05, 0.1) is 0 Å². The zero-order chi connectivity index (χ0) is 12.0. The van der Waals surface area contributed by atoms with Crippen LogP contribution in [0.5, 0.6) is 0 Å². The Balaban J connectivity index is 2.29. The highest BCUT2D eigenvalue weighted by Crippen LogP contribution is 2.15. The van der Waals surface area contributed by atoms with Gasteiger partial charge in [0.2, 0.25) is 5.89 Å². The quantitative estimate of drug-likeness (QED) is 0.799. The molecule has 0 radical (unpaired) electrons. The molecule has 0 spiro atoms. The number of nitrogens with one attached hydrogen (secondary N) is 1. The Kier molecular flexibility index (Phi) is 4.69. The summed E-state index contributed by atoms with van der Waals surface area (Å²) in [5.41, 5.74) is 0. The summed E-state index contributed by atoms with van der Waals surface area (Å²) in [5.74, 6) is 0.496. The second-order valence-corrected chi connectivity index (χ2v) is 3.07. The summed E-state index contributed by atoms with van der Waals surface area (Å²) in [6, 6.07) is 0. The number of likely N-dealkylation sites (N-methyl/N-ethyl adjacent to an activating group) is 1. The largest absolute Gasteiger partial charge is 0.411 e. The monoisotopic (exact) mass is 239 g/mol. The second kappa shape index (κ2) is 5.80. The third kappa shape index (κ3) is 5.08. The maximum Gasteiger partial charge on any atom is 0.411 e. The normalized spacial score (nSPS) is 12.0. The van der Waals surface area contributed by atoms with E-state index in [4.69, 9.17) is 4.52 Å². The molecule has 0 unspecified atom stereocenters. The molecule has 0 fully saturated rings. The van der Waals surface area contributed by atoms with Crippen molar-refractivity contribution in [2.24, 2.45) is 0 Å². The molecule has 1 rings (SSSR count). The van der Waals surface area contributed by atoms with Crippen LogP contribution in [-0.4, -0.2) is 36.5 Å². The highest BCUT2D eigenvalue weighted by molar-refractivity contribution is 4.85. The highest BCUT2D eigenvalue weighted by Gasteiger charge is 2.27. The van der Waals surface area contributed by atoms with Gasteiger partial charge in [-0.05, 0) is 7.05 Å². The third-order valence-corrected chi connectivity index (χ3v) is 1.60. The minimum Gasteiger partial charge on any atom is -0.364 e. The maximum atomic E-state index is 11.7. The lowest BCUT2D eigenvalue weighted by Gasteiger charge is -2.04. The van der Waals surface area contributed by atoms with Crippen LogP contribution in [0.3, 0.4) is 0 Å². The van der Waals surface area contributed by atoms with Gasteiger partial charge < -0.3 is 14.6 Å². The van der Waals surface area contributed by atoms with Crippen molar-refractivity contribution in [3.63, 3.8) is 0 Å². The van der Waals surface area contributed by atoms with E-state index in [1.165, 1.54) is 0 Å². The van der Waals surface area contributed by atoms with Crippen molar-refractivity contribution in [2.75, 3.05) is 20.2 Å². The fraction of sp³-hybridized carbons (Fsp3) is 0.750. The van der Waals surface area contributed by atoms with Gasteiger partial charge >= 0.3 is 6.18 Å². The van der Waals surface area contributed by atoms with Crippen molar-refractivity contribution >= 4 is 0 Å². The smallest absolute Gasteiger partial charge is 0.364 e. The van der Waals surface area contributed by atoms with Crippen molar-refractivity contribution in [3.8, 4) is 0 Å². The molecule has 0 aliphatic rings. The number of ether oxygens (including phenoxy) is 1. The number of rotatable bonds is 6. The molecule has 92 valence electrons. The van der Waals surface area contributed by atoms with E-state index in [0.717, 1.165) is 0 Å². The van der Waals surface area contributed by atoms with Gasteiger partial charge in [-0.15, -0.1) is 0 Å². The average Bonchev–Trinajstić information content (AvgIpc) is 2.61. The lowest BCUT2D eigenvalue weighted by molar-refractivity contribution is -0.177. The van der Waals surface area contributed by atoms with Gasteiger partial charge in [0, 0.05) is 13.0 Å². The minimum atomic E-state index is -4.33. The van der Waals surface area contributed by atoms with Gasteiger partial charge in [-0.1, -0.05) is 5.16 Å². The molecule has 0 atom stereocenters. The number of halogens is 3. The zero-order valence-corrected chi connectivity index (χ0v) is 8.67. The minimum absolute atomic E-state index is 0.121. The van der Waals surface area contributed by atoms with Crippen molar-refractivity contribution in [3.05, 3.63) is 11.7 Å². The van der Waals surface area contributed by atoms with Crippen LogP contribution in [0.1, 0.15) is 11.7 Å². The summed E-state index contributed by atoms with van der Waals surface area (Å²) in [6.07, 6.45) is -3.80. The van der Waals surface area contributed by atoms with Gasteiger partial charge in [-0.2, -0.15) is 18.2 Å². The van der Waals surface area contributed by atoms with Crippen LogP contribution in [-0.2, 0) is 17.8 Å². The van der Waals surface area contributed by atoms with E-state index in [1.807, 2.05) is 0 Å². The summed E-state index contributed by atoms with van der Waals surface area (Å²) < 4.78 is 44.4. The van der Waals surface area contributed by atoms with Crippen LogP contribution in [0.15, 0.2) is 4.52 Å². The van der Waals surface area contributed by atoms with Crippen LogP contribution in [0, 0.1) is 0 Å². The molecular weight excluding hydrogens is 227 g/mol. The van der Waals surface area contributed by atoms with Crippen LogP contribution >= 0.6 is 0 Å². The summed E-state index contributed by atoms with van der Waals surface area (Å²) >= 11 is 0. The first-order chi connectivity index (χ1) is 7.51. The maximum absolute atomic E-state index is 11.7. The zero-order valence-electron chi connectivity index (χ0n) is 8.67. The fourth-order valence-electron chi connectivity index (χ4n) is 0.940. The van der Waals surface area contributed by atoms with Gasteiger partial charge in [-0.3, -0.25) is 0 Å². The Morgan fingerprint density at radius 2 is 2.19 bits per heavy atom. The highest BCUT2D eigenvalue weighted by atomic mass is 19.4. The van der Waals surface area contributed by atoms with E-state index in [2.05, 4.69) is 20.2 Å². The van der Waals surface area contributed by atoms with E-state index < -0.39 is 12.8 Å². The number of alkyl halides is 3. The van der Waals surface area contributed by atoms with E-state index in [1.54, 1.807) is 7.05 Å². The Morgan fingerprint density at radius 3 is 2.81 bits per heavy atom. The van der Waals surface area contributed by atoms with E-state index in [-0.39, 0.29) is 12.4 Å². The molecule has 0 aliphatic carbocycles. The molecule has 0 amide bonds. The topological polar surface area (TPSA) is 60.2 Å². The number of hydrogen-bond donors (Lipinski definition) is 1. The predicted molar refractivity (Wildman–Crippen MR) is 47.6 cm³/mol. The van der Waals surface area contributed by atoms with Gasteiger partial charge in [0.25, 0.3) is 0 Å². The lowest BCUT2D eigenvalue weighted by atomic mass is 10.4. The van der Waals surface area contributed by atoms with Crippen molar-refractivity contribution in [1.82, 2.24) is 15.5 Å². The Bertz CT molecular complexity index is 314. The van der Waals surface area contributed by atoms with Crippen molar-refractivity contribution in [1.29, 1.82) is 0 Å². The molecule has 0 bridgehead atoms.